The van der Waals surface area contributed by atoms with Gasteiger partial charge in [0.25, 0.3) is 0 Å². The zero-order valence-corrected chi connectivity index (χ0v) is 27.6. The summed E-state index contributed by atoms with van der Waals surface area (Å²) in [5.41, 5.74) is 1.11. The number of hydrogen-bond donors (Lipinski definition) is 2. The standard InChI is InChI=1S/C33H33Cl2FN4O5S/c1-19-7-9-21(36)16-24(19)31-33(25-10-8-20(34)15-28(25)38-32(33)43)26(23-5-3-4-6-27(23)35)17-30(42)40(31)18-29(41)37-22-11-13-39(14-12-22)46(2,44)45/h3-10,15-16,22,26,31H,11-14,17-18H2,1-2H3,(H,37,41)(H,38,43)/t26-,31-,33+/m1/s1. The Morgan fingerprint density at radius 2 is 1.76 bits per heavy atom. The highest BCUT2D eigenvalue weighted by Crippen LogP contribution is 2.61. The number of halogens is 3. The number of piperidine rings is 2. The van der Waals surface area contributed by atoms with Gasteiger partial charge in [0, 0.05) is 47.2 Å². The normalized spacial score (nSPS) is 23.8. The van der Waals surface area contributed by atoms with Crippen molar-refractivity contribution in [3.05, 3.63) is 98.8 Å². The Morgan fingerprint density at radius 3 is 2.46 bits per heavy atom. The minimum atomic E-state index is -3.35. The van der Waals surface area contributed by atoms with Gasteiger partial charge in [-0.25, -0.2) is 17.1 Å². The van der Waals surface area contributed by atoms with Crippen molar-refractivity contribution in [1.82, 2.24) is 14.5 Å². The van der Waals surface area contributed by atoms with Crippen molar-refractivity contribution in [1.29, 1.82) is 0 Å². The summed E-state index contributed by atoms with van der Waals surface area (Å²) >= 11 is 13.1. The summed E-state index contributed by atoms with van der Waals surface area (Å²) in [6, 6.07) is 14.9. The minimum Gasteiger partial charge on any atom is -0.352 e. The Labute approximate surface area is 277 Å². The highest BCUT2D eigenvalue weighted by Gasteiger charge is 2.64. The van der Waals surface area contributed by atoms with Crippen molar-refractivity contribution in [2.75, 3.05) is 31.2 Å². The van der Waals surface area contributed by atoms with E-state index in [2.05, 4.69) is 10.6 Å². The van der Waals surface area contributed by atoms with Crippen LogP contribution in [0.2, 0.25) is 10.0 Å². The second-order valence-corrected chi connectivity index (χ2v) is 15.0. The number of aryl methyl sites for hydroxylation is 1. The molecule has 3 amide bonds. The molecule has 0 unspecified atom stereocenters. The van der Waals surface area contributed by atoms with Gasteiger partial charge in [0.05, 0.1) is 12.3 Å². The summed E-state index contributed by atoms with van der Waals surface area (Å²) < 4.78 is 40.3. The SMILES string of the molecule is Cc1ccc(F)cc1[C@H]1N(CC(=O)NC2CCN(S(C)(=O)=O)CC2)C(=O)C[C@H](c2ccccc2Cl)[C@]12C(=O)Nc1cc(Cl)ccc12. The molecule has 3 aliphatic heterocycles. The number of fused-ring (bicyclic) bond motifs is 2. The van der Waals surface area contributed by atoms with Crippen LogP contribution in [0.3, 0.4) is 0 Å². The highest BCUT2D eigenvalue weighted by molar-refractivity contribution is 7.88. The Balaban J connectivity index is 1.47. The fourth-order valence-electron chi connectivity index (χ4n) is 7.35. The van der Waals surface area contributed by atoms with Crippen molar-refractivity contribution in [3.8, 4) is 0 Å². The van der Waals surface area contributed by atoms with Crippen LogP contribution in [-0.4, -0.2) is 67.3 Å². The Bertz CT molecular complexity index is 1850. The fourth-order valence-corrected chi connectivity index (χ4v) is 8.66. The monoisotopic (exact) mass is 686 g/mol. The number of nitrogens with one attached hydrogen (secondary N) is 2. The molecule has 0 radical (unpaired) electrons. The second-order valence-electron chi connectivity index (χ2n) is 12.2. The van der Waals surface area contributed by atoms with Gasteiger partial charge < -0.3 is 15.5 Å². The van der Waals surface area contributed by atoms with Crippen LogP contribution >= 0.6 is 23.2 Å². The van der Waals surface area contributed by atoms with Crippen LogP contribution in [0, 0.1) is 12.7 Å². The van der Waals surface area contributed by atoms with Crippen molar-refractivity contribution < 1.29 is 27.2 Å². The van der Waals surface area contributed by atoms with Gasteiger partial charge in [-0.2, -0.15) is 0 Å². The number of rotatable bonds is 6. The molecule has 0 saturated carbocycles. The van der Waals surface area contributed by atoms with Gasteiger partial charge in [0.2, 0.25) is 27.7 Å². The van der Waals surface area contributed by atoms with E-state index in [4.69, 9.17) is 23.2 Å². The number of carbonyl (C=O) groups is 3. The molecule has 46 heavy (non-hydrogen) atoms. The lowest BCUT2D eigenvalue weighted by atomic mass is 9.58. The molecule has 13 heteroatoms. The topological polar surface area (TPSA) is 116 Å². The first kappa shape index (κ1) is 32.4. The molecule has 3 heterocycles. The summed E-state index contributed by atoms with van der Waals surface area (Å²) in [5.74, 6) is -2.62. The molecule has 0 aliphatic carbocycles. The summed E-state index contributed by atoms with van der Waals surface area (Å²) in [6.07, 6.45) is 1.83. The fraction of sp³-hybridized carbons (Fsp3) is 0.364. The summed E-state index contributed by atoms with van der Waals surface area (Å²) in [7, 11) is -3.35. The smallest absolute Gasteiger partial charge is 0.239 e. The maximum Gasteiger partial charge on any atom is 0.239 e. The van der Waals surface area contributed by atoms with Crippen molar-refractivity contribution in [2.24, 2.45) is 0 Å². The van der Waals surface area contributed by atoms with E-state index >= 15 is 4.39 Å². The van der Waals surface area contributed by atoms with Crippen molar-refractivity contribution in [3.63, 3.8) is 0 Å². The lowest BCUT2D eigenvalue weighted by molar-refractivity contribution is -0.149. The lowest BCUT2D eigenvalue weighted by Crippen LogP contribution is -2.60. The van der Waals surface area contributed by atoms with E-state index in [9.17, 15) is 22.8 Å². The van der Waals surface area contributed by atoms with Gasteiger partial charge in [0.15, 0.2) is 0 Å². The maximum absolute atomic E-state index is 15.1. The lowest BCUT2D eigenvalue weighted by Gasteiger charge is -2.51. The van der Waals surface area contributed by atoms with Crippen LogP contribution in [0.4, 0.5) is 10.1 Å². The van der Waals surface area contributed by atoms with Crippen LogP contribution in [0.1, 0.15) is 53.5 Å². The van der Waals surface area contributed by atoms with Gasteiger partial charge in [-0.3, -0.25) is 14.4 Å². The van der Waals surface area contributed by atoms with Crippen LogP contribution in [0.5, 0.6) is 0 Å². The summed E-state index contributed by atoms with van der Waals surface area (Å²) in [4.78, 5) is 43.9. The zero-order valence-electron chi connectivity index (χ0n) is 25.2. The molecule has 6 rings (SSSR count). The third-order valence-corrected chi connectivity index (χ3v) is 11.3. The molecule has 0 aromatic heterocycles. The summed E-state index contributed by atoms with van der Waals surface area (Å²) in [6.45, 7) is 1.90. The predicted molar refractivity (Wildman–Crippen MR) is 174 cm³/mol. The molecule has 3 atom stereocenters. The van der Waals surface area contributed by atoms with E-state index in [0.717, 1.165) is 6.26 Å². The van der Waals surface area contributed by atoms with Crippen LogP contribution in [0.25, 0.3) is 0 Å². The molecule has 3 aliphatic rings. The number of sulfonamides is 1. The number of anilines is 1. The molecule has 2 fully saturated rings. The first-order valence-corrected chi connectivity index (χ1v) is 17.6. The van der Waals surface area contributed by atoms with Gasteiger partial charge in [-0.1, -0.05) is 53.5 Å². The number of carbonyl (C=O) groups excluding carboxylic acids is 3. The van der Waals surface area contributed by atoms with Crippen molar-refractivity contribution >= 4 is 56.6 Å². The average Bonchev–Trinajstić information content (AvgIpc) is 3.27. The van der Waals surface area contributed by atoms with Gasteiger partial charge in [-0.15, -0.1) is 0 Å². The van der Waals surface area contributed by atoms with Crippen LogP contribution in [-0.2, 0) is 29.8 Å². The summed E-state index contributed by atoms with van der Waals surface area (Å²) in [5, 5.41) is 6.70. The Morgan fingerprint density at radius 1 is 1.04 bits per heavy atom. The number of amides is 3. The van der Waals surface area contributed by atoms with E-state index in [1.807, 2.05) is 0 Å². The largest absolute Gasteiger partial charge is 0.352 e. The maximum atomic E-state index is 15.1. The molecule has 9 nitrogen and oxygen atoms in total. The molecule has 2 N–H and O–H groups in total. The first-order valence-electron chi connectivity index (χ1n) is 15.0. The van der Waals surface area contributed by atoms with Crippen molar-refractivity contribution in [2.45, 2.75) is 49.6 Å². The number of benzene rings is 3. The van der Waals surface area contributed by atoms with Gasteiger partial charge in [0.1, 0.15) is 17.8 Å². The molecular formula is C33H33Cl2FN4O5S. The predicted octanol–water partition coefficient (Wildman–Crippen LogP) is 4.93. The van der Waals surface area contributed by atoms with E-state index in [0.29, 0.717) is 50.8 Å². The quantitative estimate of drug-likeness (QED) is 0.382. The number of hydrogen-bond acceptors (Lipinski definition) is 5. The van der Waals surface area contributed by atoms with Crippen LogP contribution < -0.4 is 10.6 Å². The molecule has 3 aromatic carbocycles. The van der Waals surface area contributed by atoms with E-state index in [1.165, 1.54) is 21.3 Å². The first-order chi connectivity index (χ1) is 21.8. The molecule has 242 valence electrons. The molecule has 3 aromatic rings. The highest BCUT2D eigenvalue weighted by atomic mass is 35.5. The van der Waals surface area contributed by atoms with E-state index in [1.54, 1.807) is 55.5 Å². The van der Waals surface area contributed by atoms with E-state index < -0.39 is 57.5 Å². The zero-order chi connectivity index (χ0) is 33.0. The third-order valence-electron chi connectivity index (χ3n) is 9.46. The van der Waals surface area contributed by atoms with Gasteiger partial charge in [-0.05, 0) is 72.4 Å². The minimum absolute atomic E-state index is 0.149. The molecular weight excluding hydrogens is 654 g/mol. The van der Waals surface area contributed by atoms with Gasteiger partial charge >= 0.3 is 0 Å². The number of likely N-dealkylation sites (tertiary alicyclic amines) is 1. The molecule has 2 saturated heterocycles. The number of nitrogens with zero attached hydrogens (tertiary/aromatic N) is 2. The van der Waals surface area contributed by atoms with Crippen LogP contribution in [0.15, 0.2) is 60.7 Å². The second kappa shape index (κ2) is 12.3. The van der Waals surface area contributed by atoms with E-state index in [-0.39, 0.29) is 25.6 Å². The molecule has 0 bridgehead atoms. The average molecular weight is 688 g/mol. The Kier molecular flexibility index (Phi) is 8.64. The third kappa shape index (κ3) is 5.67. The molecule has 1 spiro atoms. The Hall–Kier alpha value is -3.51.